The number of hydrogen-bond donors (Lipinski definition) is 0. The Morgan fingerprint density at radius 2 is 1.53 bits per heavy atom. The first-order valence-corrected chi connectivity index (χ1v) is 7.67. The number of rotatable bonds is 1. The van der Waals surface area contributed by atoms with Crippen LogP contribution in [0.4, 0.5) is 0 Å². The van der Waals surface area contributed by atoms with Gasteiger partial charge in [0.15, 0.2) is 0 Å². The van der Waals surface area contributed by atoms with Crippen LogP contribution in [0.15, 0.2) is 12.3 Å². The van der Waals surface area contributed by atoms with E-state index < -0.39 is 0 Å². The molecule has 1 heteroatoms. The highest BCUT2D eigenvalue weighted by Gasteiger charge is 2.29. The zero-order chi connectivity index (χ0) is 12.3. The van der Waals surface area contributed by atoms with Gasteiger partial charge in [-0.25, -0.2) is 0 Å². The van der Waals surface area contributed by atoms with Crippen molar-refractivity contribution in [3.8, 4) is 0 Å². The highest BCUT2D eigenvalue weighted by Crippen LogP contribution is 2.34. The van der Waals surface area contributed by atoms with Gasteiger partial charge in [0.05, 0.1) is 0 Å². The average molecular weight is 235 g/mol. The van der Waals surface area contributed by atoms with Gasteiger partial charge >= 0.3 is 0 Å². The van der Waals surface area contributed by atoms with Gasteiger partial charge in [0, 0.05) is 17.8 Å². The zero-order valence-electron chi connectivity index (χ0n) is 11.8. The van der Waals surface area contributed by atoms with Crippen molar-refractivity contribution in [3.05, 3.63) is 12.3 Å². The van der Waals surface area contributed by atoms with E-state index in [9.17, 15) is 0 Å². The lowest BCUT2D eigenvalue weighted by Crippen LogP contribution is -2.41. The van der Waals surface area contributed by atoms with Crippen LogP contribution in [0.25, 0.3) is 0 Å². The molecule has 0 aromatic heterocycles. The van der Waals surface area contributed by atoms with Gasteiger partial charge in [-0.15, -0.1) is 0 Å². The van der Waals surface area contributed by atoms with E-state index in [1.54, 1.807) is 0 Å². The summed E-state index contributed by atoms with van der Waals surface area (Å²) in [5.41, 5.74) is 1.43. The lowest BCUT2D eigenvalue weighted by Gasteiger charge is -2.40. The summed E-state index contributed by atoms with van der Waals surface area (Å²) < 4.78 is 0. The van der Waals surface area contributed by atoms with Crippen molar-refractivity contribution in [2.24, 2.45) is 5.92 Å². The van der Waals surface area contributed by atoms with Gasteiger partial charge in [0.25, 0.3) is 0 Å². The highest BCUT2D eigenvalue weighted by atomic mass is 15.2. The normalized spacial score (nSPS) is 33.3. The van der Waals surface area contributed by atoms with E-state index in [0.29, 0.717) is 5.92 Å². The summed E-state index contributed by atoms with van der Waals surface area (Å²) in [5, 5.41) is 0. The predicted octanol–water partition coefficient (Wildman–Crippen LogP) is 4.73. The molecule has 17 heavy (non-hydrogen) atoms. The minimum atomic E-state index is 0.697. The van der Waals surface area contributed by atoms with Gasteiger partial charge in [0.2, 0.25) is 0 Å². The van der Waals surface area contributed by atoms with Crippen LogP contribution in [0.2, 0.25) is 0 Å². The minimum Gasteiger partial charge on any atom is -0.369 e. The molecular weight excluding hydrogens is 206 g/mol. The Balaban J connectivity index is 2.10. The maximum atomic E-state index is 4.42. The van der Waals surface area contributed by atoms with Gasteiger partial charge in [-0.1, -0.05) is 45.6 Å². The first-order chi connectivity index (χ1) is 8.20. The molecule has 0 spiro atoms. The van der Waals surface area contributed by atoms with Crippen LogP contribution < -0.4 is 0 Å². The van der Waals surface area contributed by atoms with Gasteiger partial charge in [-0.2, -0.15) is 0 Å². The third-order valence-electron chi connectivity index (χ3n) is 4.85. The van der Waals surface area contributed by atoms with E-state index in [1.165, 1.54) is 63.5 Å². The minimum absolute atomic E-state index is 0.697. The van der Waals surface area contributed by atoms with E-state index in [-0.39, 0.29) is 0 Å². The molecule has 0 N–H and O–H groups in total. The van der Waals surface area contributed by atoms with Crippen molar-refractivity contribution in [2.75, 3.05) is 0 Å². The maximum absolute atomic E-state index is 4.42. The largest absolute Gasteiger partial charge is 0.369 e. The molecule has 0 amide bonds. The van der Waals surface area contributed by atoms with E-state index in [2.05, 4.69) is 25.3 Å². The van der Waals surface area contributed by atoms with Gasteiger partial charge < -0.3 is 4.90 Å². The van der Waals surface area contributed by atoms with Gasteiger partial charge in [-0.05, 0) is 38.5 Å². The first kappa shape index (κ1) is 13.0. The lowest BCUT2D eigenvalue weighted by molar-refractivity contribution is 0.166. The summed E-state index contributed by atoms with van der Waals surface area (Å²) in [7, 11) is 0. The Hall–Kier alpha value is -0.460. The van der Waals surface area contributed by atoms with Crippen LogP contribution in [0.3, 0.4) is 0 Å². The molecule has 1 saturated heterocycles. The Morgan fingerprint density at radius 1 is 0.882 bits per heavy atom. The molecular formula is C16H29N. The fourth-order valence-corrected chi connectivity index (χ4v) is 3.69. The van der Waals surface area contributed by atoms with E-state index in [0.717, 1.165) is 12.1 Å². The molecule has 98 valence electrons. The second kappa shape index (κ2) is 5.93. The summed E-state index contributed by atoms with van der Waals surface area (Å²) >= 11 is 0. The molecule has 2 unspecified atom stereocenters. The van der Waals surface area contributed by atoms with Crippen molar-refractivity contribution in [2.45, 2.75) is 83.7 Å². The summed E-state index contributed by atoms with van der Waals surface area (Å²) in [6.45, 7) is 9.19. The van der Waals surface area contributed by atoms with Crippen LogP contribution in [0, 0.1) is 5.92 Å². The SMILES string of the molecule is C=C1C(C)CCCC(C)N1C1CCCCCC1. The third-order valence-corrected chi connectivity index (χ3v) is 4.85. The molecule has 1 saturated carbocycles. The molecule has 2 aliphatic rings. The lowest BCUT2D eigenvalue weighted by atomic mass is 10.0. The van der Waals surface area contributed by atoms with Crippen molar-refractivity contribution in [1.82, 2.24) is 4.90 Å². The van der Waals surface area contributed by atoms with Gasteiger partial charge in [0.1, 0.15) is 0 Å². The van der Waals surface area contributed by atoms with Crippen molar-refractivity contribution in [3.63, 3.8) is 0 Å². The Morgan fingerprint density at radius 3 is 2.18 bits per heavy atom. The van der Waals surface area contributed by atoms with Crippen LogP contribution in [0.5, 0.6) is 0 Å². The topological polar surface area (TPSA) is 3.24 Å². The number of allylic oxidation sites excluding steroid dienone is 1. The molecule has 2 fully saturated rings. The molecule has 0 aromatic carbocycles. The van der Waals surface area contributed by atoms with E-state index >= 15 is 0 Å². The molecule has 0 radical (unpaired) electrons. The molecule has 0 aromatic rings. The quantitative estimate of drug-likeness (QED) is 0.594. The molecule has 0 bridgehead atoms. The Kier molecular flexibility index (Phi) is 4.53. The number of hydrogen-bond acceptors (Lipinski definition) is 1. The molecule has 2 atom stereocenters. The molecule has 1 nitrogen and oxygen atoms in total. The summed E-state index contributed by atoms with van der Waals surface area (Å²) in [6.07, 6.45) is 12.6. The zero-order valence-corrected chi connectivity index (χ0v) is 11.8. The van der Waals surface area contributed by atoms with Crippen LogP contribution in [-0.2, 0) is 0 Å². The van der Waals surface area contributed by atoms with Crippen LogP contribution in [-0.4, -0.2) is 17.0 Å². The van der Waals surface area contributed by atoms with Crippen LogP contribution >= 0.6 is 0 Å². The molecule has 1 heterocycles. The highest BCUT2D eigenvalue weighted by molar-refractivity contribution is 5.05. The third kappa shape index (κ3) is 3.05. The van der Waals surface area contributed by atoms with Crippen molar-refractivity contribution >= 4 is 0 Å². The van der Waals surface area contributed by atoms with Crippen molar-refractivity contribution in [1.29, 1.82) is 0 Å². The first-order valence-electron chi connectivity index (χ1n) is 7.67. The monoisotopic (exact) mass is 235 g/mol. The Labute approximate surface area is 107 Å². The standard InChI is InChI=1S/C16H29N/c1-13-9-8-10-14(2)17(15(13)3)16-11-6-4-5-7-12-16/h13-14,16H,3-12H2,1-2H3. The summed E-state index contributed by atoms with van der Waals surface area (Å²) in [6, 6.07) is 1.51. The Bertz CT molecular complexity index is 250. The second-order valence-corrected chi connectivity index (χ2v) is 6.22. The molecule has 1 aliphatic carbocycles. The van der Waals surface area contributed by atoms with Crippen LogP contribution in [0.1, 0.15) is 71.6 Å². The smallest absolute Gasteiger partial charge is 0.0289 e. The van der Waals surface area contributed by atoms with Gasteiger partial charge in [-0.3, -0.25) is 0 Å². The fraction of sp³-hybridized carbons (Fsp3) is 0.875. The second-order valence-electron chi connectivity index (χ2n) is 6.22. The maximum Gasteiger partial charge on any atom is 0.0289 e. The van der Waals surface area contributed by atoms with E-state index in [4.69, 9.17) is 0 Å². The predicted molar refractivity (Wildman–Crippen MR) is 74.9 cm³/mol. The van der Waals surface area contributed by atoms with E-state index in [1.807, 2.05) is 0 Å². The fourth-order valence-electron chi connectivity index (χ4n) is 3.69. The number of likely N-dealkylation sites (tertiary alicyclic amines) is 1. The molecule has 1 aliphatic heterocycles. The van der Waals surface area contributed by atoms with Crippen molar-refractivity contribution < 1.29 is 0 Å². The number of nitrogens with zero attached hydrogens (tertiary/aromatic N) is 1. The summed E-state index contributed by atoms with van der Waals surface area (Å²) in [5.74, 6) is 0.697. The summed E-state index contributed by atoms with van der Waals surface area (Å²) in [4.78, 5) is 2.71. The average Bonchev–Trinajstić information content (AvgIpc) is 2.62. The molecule has 2 rings (SSSR count).